The van der Waals surface area contributed by atoms with Gasteiger partial charge in [0.25, 0.3) is 0 Å². The van der Waals surface area contributed by atoms with Gasteiger partial charge >= 0.3 is 0 Å². The van der Waals surface area contributed by atoms with Crippen LogP contribution in [0, 0.1) is 5.82 Å². The second-order valence-electron chi connectivity index (χ2n) is 5.33. The molecule has 1 aromatic carbocycles. The molecule has 5 heteroatoms. The van der Waals surface area contributed by atoms with Crippen LogP contribution in [0.15, 0.2) is 18.2 Å². The third-order valence-electron chi connectivity index (χ3n) is 3.92. The van der Waals surface area contributed by atoms with Gasteiger partial charge < -0.3 is 10.8 Å². The number of aliphatic hydroxyl groups excluding tert-OH is 1. The summed E-state index contributed by atoms with van der Waals surface area (Å²) in [5.41, 5.74) is 6.68. The van der Waals surface area contributed by atoms with E-state index in [1.54, 1.807) is 12.1 Å². The topological polar surface area (TPSA) is 49.5 Å². The van der Waals surface area contributed by atoms with Crippen LogP contribution in [0.25, 0.3) is 0 Å². The fraction of sp³-hybridized carbons (Fsp3) is 0.533. The molecular weight excluding hydrogens is 275 g/mol. The zero-order valence-electron chi connectivity index (χ0n) is 11.5. The average molecular weight is 296 g/mol. The molecule has 1 aliphatic rings. The monoisotopic (exact) mass is 296 g/mol. The number of likely N-dealkylation sites (tertiary alicyclic amines) is 1. The number of hydrogen-bond acceptors (Lipinski definition) is 3. The number of halogens is 1. The summed E-state index contributed by atoms with van der Waals surface area (Å²) in [5, 5.41) is 9.48. The first-order chi connectivity index (χ1) is 9.61. The van der Waals surface area contributed by atoms with E-state index in [-0.39, 0.29) is 23.5 Å². The summed E-state index contributed by atoms with van der Waals surface area (Å²) in [6.45, 7) is 1.56. The summed E-state index contributed by atoms with van der Waals surface area (Å²) in [7, 11) is 0. The van der Waals surface area contributed by atoms with E-state index in [0.29, 0.717) is 17.7 Å². The maximum absolute atomic E-state index is 14.1. The quantitative estimate of drug-likeness (QED) is 0.836. The minimum absolute atomic E-state index is 0.132. The average Bonchev–Trinajstić information content (AvgIpc) is 2.65. The number of aliphatic hydroxyl groups is 1. The lowest BCUT2D eigenvalue weighted by Gasteiger charge is -2.28. The molecule has 1 heterocycles. The highest BCUT2D eigenvalue weighted by molar-refractivity contribution is 7.80. The van der Waals surface area contributed by atoms with Crippen LogP contribution in [0.4, 0.5) is 4.39 Å². The number of rotatable bonds is 4. The van der Waals surface area contributed by atoms with Crippen molar-refractivity contribution in [2.45, 2.75) is 38.3 Å². The van der Waals surface area contributed by atoms with Crippen LogP contribution in [-0.4, -0.2) is 34.2 Å². The van der Waals surface area contributed by atoms with Crippen molar-refractivity contribution in [3.05, 3.63) is 35.1 Å². The summed E-state index contributed by atoms with van der Waals surface area (Å²) < 4.78 is 14.1. The Hall–Kier alpha value is -1.04. The second kappa shape index (κ2) is 7.11. The van der Waals surface area contributed by atoms with E-state index in [4.69, 9.17) is 18.0 Å². The van der Waals surface area contributed by atoms with Crippen LogP contribution in [0.3, 0.4) is 0 Å². The summed E-state index contributed by atoms with van der Waals surface area (Å²) in [4.78, 5) is 2.38. The van der Waals surface area contributed by atoms with Crippen LogP contribution in [-0.2, 0) is 6.54 Å². The number of nitrogens with two attached hydrogens (primary N) is 1. The van der Waals surface area contributed by atoms with E-state index in [1.165, 1.54) is 12.5 Å². The van der Waals surface area contributed by atoms with Crippen molar-refractivity contribution in [3.8, 4) is 0 Å². The Kier molecular flexibility index (Phi) is 5.46. The molecular formula is C15H21FN2OS. The van der Waals surface area contributed by atoms with Crippen molar-refractivity contribution in [2.75, 3.05) is 13.2 Å². The van der Waals surface area contributed by atoms with Crippen LogP contribution in [0.5, 0.6) is 0 Å². The molecule has 0 aliphatic carbocycles. The first-order valence-electron chi connectivity index (χ1n) is 7.05. The summed E-state index contributed by atoms with van der Waals surface area (Å²) in [6.07, 6.45) is 4.38. The summed E-state index contributed by atoms with van der Waals surface area (Å²) in [6, 6.07) is 5.02. The number of benzene rings is 1. The van der Waals surface area contributed by atoms with E-state index in [1.807, 2.05) is 0 Å². The molecule has 1 atom stereocenters. The lowest BCUT2D eigenvalue weighted by atomic mass is 10.1. The molecule has 0 saturated carbocycles. The van der Waals surface area contributed by atoms with Crippen LogP contribution < -0.4 is 5.73 Å². The fourth-order valence-electron chi connectivity index (χ4n) is 2.70. The number of nitrogens with zero attached hydrogens (tertiary/aromatic N) is 1. The lowest BCUT2D eigenvalue weighted by molar-refractivity contribution is 0.117. The van der Waals surface area contributed by atoms with Gasteiger partial charge in [0.1, 0.15) is 10.8 Å². The third-order valence-corrected chi connectivity index (χ3v) is 4.16. The molecule has 0 bridgehead atoms. The molecule has 0 spiro atoms. The molecule has 1 fully saturated rings. The Labute approximate surface area is 124 Å². The van der Waals surface area contributed by atoms with Gasteiger partial charge in [-0.2, -0.15) is 0 Å². The molecule has 3 nitrogen and oxygen atoms in total. The Morgan fingerprint density at radius 1 is 1.40 bits per heavy atom. The minimum Gasteiger partial charge on any atom is -0.395 e. The molecule has 0 aromatic heterocycles. The number of hydrogen-bond donors (Lipinski definition) is 2. The molecule has 20 heavy (non-hydrogen) atoms. The van der Waals surface area contributed by atoms with Gasteiger partial charge in [0.05, 0.1) is 6.61 Å². The van der Waals surface area contributed by atoms with Crippen molar-refractivity contribution in [1.29, 1.82) is 0 Å². The van der Waals surface area contributed by atoms with E-state index < -0.39 is 0 Å². The fourth-order valence-corrected chi connectivity index (χ4v) is 2.83. The smallest absolute Gasteiger partial charge is 0.128 e. The third kappa shape index (κ3) is 3.75. The van der Waals surface area contributed by atoms with Gasteiger partial charge in [0.15, 0.2) is 0 Å². The first-order valence-corrected chi connectivity index (χ1v) is 7.45. The minimum atomic E-state index is -0.281. The Bertz CT molecular complexity index is 481. The van der Waals surface area contributed by atoms with Crippen molar-refractivity contribution in [3.63, 3.8) is 0 Å². The molecule has 1 aliphatic heterocycles. The Morgan fingerprint density at radius 2 is 2.20 bits per heavy atom. The summed E-state index contributed by atoms with van der Waals surface area (Å²) in [5.74, 6) is -0.281. The highest BCUT2D eigenvalue weighted by Gasteiger charge is 2.21. The van der Waals surface area contributed by atoms with Gasteiger partial charge in [0.2, 0.25) is 0 Å². The van der Waals surface area contributed by atoms with Crippen LogP contribution in [0.1, 0.15) is 36.8 Å². The van der Waals surface area contributed by atoms with E-state index in [2.05, 4.69) is 4.90 Å². The van der Waals surface area contributed by atoms with E-state index in [9.17, 15) is 9.50 Å². The van der Waals surface area contributed by atoms with Gasteiger partial charge in [-0.1, -0.05) is 37.2 Å². The van der Waals surface area contributed by atoms with Crippen molar-refractivity contribution < 1.29 is 9.50 Å². The van der Waals surface area contributed by atoms with Crippen LogP contribution in [0.2, 0.25) is 0 Å². The van der Waals surface area contributed by atoms with Gasteiger partial charge in [-0.3, -0.25) is 4.90 Å². The zero-order chi connectivity index (χ0) is 14.5. The molecule has 2 rings (SSSR count). The predicted molar refractivity (Wildman–Crippen MR) is 82.0 cm³/mol. The largest absolute Gasteiger partial charge is 0.395 e. The van der Waals surface area contributed by atoms with Gasteiger partial charge in [-0.15, -0.1) is 0 Å². The number of thiocarbonyl (C=S) groups is 1. The first kappa shape index (κ1) is 15.4. The second-order valence-corrected chi connectivity index (χ2v) is 5.77. The molecule has 110 valence electrons. The molecule has 0 radical (unpaired) electrons. The highest BCUT2D eigenvalue weighted by atomic mass is 32.1. The molecule has 1 unspecified atom stereocenters. The molecule has 3 N–H and O–H groups in total. The lowest BCUT2D eigenvalue weighted by Crippen LogP contribution is -2.37. The van der Waals surface area contributed by atoms with Crippen molar-refractivity contribution in [1.82, 2.24) is 4.90 Å². The Balaban J connectivity index is 2.13. The maximum Gasteiger partial charge on any atom is 0.128 e. The van der Waals surface area contributed by atoms with E-state index in [0.717, 1.165) is 25.8 Å². The van der Waals surface area contributed by atoms with Crippen LogP contribution >= 0.6 is 12.2 Å². The zero-order valence-corrected chi connectivity index (χ0v) is 12.3. The van der Waals surface area contributed by atoms with Crippen molar-refractivity contribution in [2.24, 2.45) is 5.73 Å². The van der Waals surface area contributed by atoms with Crippen molar-refractivity contribution >= 4 is 17.2 Å². The molecule has 1 aromatic rings. The standard InChI is InChI=1S/C15H21FN2OS/c16-14-8-11(15(17)20)5-6-12(14)9-18-7-3-1-2-4-13(18)10-19/h5-6,8,13,19H,1-4,7,9-10H2,(H2,17,20). The highest BCUT2D eigenvalue weighted by Crippen LogP contribution is 2.20. The van der Waals surface area contributed by atoms with Gasteiger partial charge in [-0.25, -0.2) is 4.39 Å². The molecule has 1 saturated heterocycles. The summed E-state index contributed by atoms with van der Waals surface area (Å²) >= 11 is 4.85. The SMILES string of the molecule is NC(=S)c1ccc(CN2CCCCCC2CO)c(F)c1. The predicted octanol–water partition coefficient (Wildman–Crippen LogP) is 2.20. The molecule has 0 amide bonds. The van der Waals surface area contributed by atoms with Gasteiger partial charge in [0, 0.05) is 23.7 Å². The Morgan fingerprint density at radius 3 is 2.85 bits per heavy atom. The van der Waals surface area contributed by atoms with Gasteiger partial charge in [-0.05, 0) is 25.5 Å². The normalized spacial score (nSPS) is 20.6. The van der Waals surface area contributed by atoms with E-state index >= 15 is 0 Å². The maximum atomic E-state index is 14.1.